The molecule has 1 aliphatic carbocycles. The van der Waals surface area contributed by atoms with E-state index in [4.69, 9.17) is 4.52 Å². The molecule has 31 heavy (non-hydrogen) atoms. The molecule has 8 nitrogen and oxygen atoms in total. The summed E-state index contributed by atoms with van der Waals surface area (Å²) in [5.41, 5.74) is 0.126. The lowest BCUT2D eigenvalue weighted by molar-refractivity contribution is -0.119. The summed E-state index contributed by atoms with van der Waals surface area (Å²) in [5.74, 6) is 0.756. The summed E-state index contributed by atoms with van der Waals surface area (Å²) in [6.45, 7) is 6.20. The molecule has 0 unspecified atom stereocenters. The SMILES string of the molecule is CCN(CC)S(=O)(=O)c1ccc(/C=C/C(=O)NC2(c3noc(C)n3)CCCCC2)cc1. The van der Waals surface area contributed by atoms with Gasteiger partial charge >= 0.3 is 0 Å². The van der Waals surface area contributed by atoms with E-state index in [2.05, 4.69) is 15.5 Å². The highest BCUT2D eigenvalue weighted by Gasteiger charge is 2.39. The Morgan fingerprint density at radius 1 is 1.16 bits per heavy atom. The monoisotopic (exact) mass is 446 g/mol. The topological polar surface area (TPSA) is 105 Å². The van der Waals surface area contributed by atoms with Crippen LogP contribution < -0.4 is 5.32 Å². The van der Waals surface area contributed by atoms with Crippen molar-refractivity contribution in [2.45, 2.75) is 63.3 Å². The molecule has 1 N–H and O–H groups in total. The van der Waals surface area contributed by atoms with E-state index in [1.54, 1.807) is 37.3 Å². The molecule has 2 aromatic rings. The van der Waals surface area contributed by atoms with E-state index in [9.17, 15) is 13.2 Å². The van der Waals surface area contributed by atoms with E-state index in [0.29, 0.717) is 24.8 Å². The second-order valence-corrected chi connectivity index (χ2v) is 9.70. The van der Waals surface area contributed by atoms with Gasteiger partial charge in [0.1, 0.15) is 5.54 Å². The molecule has 1 heterocycles. The normalized spacial score (nSPS) is 16.6. The molecule has 0 bridgehead atoms. The van der Waals surface area contributed by atoms with Crippen LogP contribution in [0.3, 0.4) is 0 Å². The molecule has 0 spiro atoms. The highest BCUT2D eigenvalue weighted by Crippen LogP contribution is 2.35. The lowest BCUT2D eigenvalue weighted by atomic mass is 9.81. The molecule has 0 aliphatic heterocycles. The van der Waals surface area contributed by atoms with Crippen molar-refractivity contribution in [3.05, 3.63) is 47.6 Å². The van der Waals surface area contributed by atoms with Gasteiger partial charge in [-0.15, -0.1) is 0 Å². The van der Waals surface area contributed by atoms with E-state index in [0.717, 1.165) is 37.7 Å². The van der Waals surface area contributed by atoms with E-state index in [-0.39, 0.29) is 10.8 Å². The summed E-state index contributed by atoms with van der Waals surface area (Å²) in [6.07, 6.45) is 7.75. The van der Waals surface area contributed by atoms with Gasteiger partial charge in [0.2, 0.25) is 21.8 Å². The molecular weight excluding hydrogens is 416 g/mol. The van der Waals surface area contributed by atoms with Crippen LogP contribution in [0, 0.1) is 6.92 Å². The van der Waals surface area contributed by atoms with E-state index < -0.39 is 15.6 Å². The van der Waals surface area contributed by atoms with Crippen molar-refractivity contribution in [3.8, 4) is 0 Å². The standard InChI is InChI=1S/C22H30N4O4S/c1-4-26(5-2)31(28,29)19-12-9-18(10-13-19)11-14-20(27)24-22(15-7-6-8-16-22)21-23-17(3)30-25-21/h9-14H,4-8,15-16H2,1-3H3,(H,24,27)/b14-11+. The molecular formula is C22H30N4O4S. The average molecular weight is 447 g/mol. The minimum absolute atomic E-state index is 0.242. The zero-order valence-corrected chi connectivity index (χ0v) is 19.1. The lowest BCUT2D eigenvalue weighted by Gasteiger charge is -2.34. The van der Waals surface area contributed by atoms with Gasteiger partial charge in [0.15, 0.2) is 5.82 Å². The van der Waals surface area contributed by atoms with Crippen LogP contribution in [0.1, 0.15) is 63.2 Å². The Hall–Kier alpha value is -2.52. The highest BCUT2D eigenvalue weighted by molar-refractivity contribution is 7.89. The molecule has 168 valence electrons. The number of carbonyl (C=O) groups excluding carboxylic acids is 1. The van der Waals surface area contributed by atoms with Gasteiger partial charge in [0.05, 0.1) is 4.90 Å². The maximum Gasteiger partial charge on any atom is 0.244 e. The predicted molar refractivity (Wildman–Crippen MR) is 118 cm³/mol. The smallest absolute Gasteiger partial charge is 0.244 e. The summed E-state index contributed by atoms with van der Waals surface area (Å²) in [6, 6.07) is 6.52. The Kier molecular flexibility index (Phi) is 7.27. The Labute approximate surface area is 183 Å². The Balaban J connectivity index is 1.72. The van der Waals surface area contributed by atoms with Crippen molar-refractivity contribution in [3.63, 3.8) is 0 Å². The van der Waals surface area contributed by atoms with Crippen LogP contribution in [0.15, 0.2) is 39.8 Å². The summed E-state index contributed by atoms with van der Waals surface area (Å²) in [7, 11) is -3.50. The van der Waals surface area contributed by atoms with Crippen molar-refractivity contribution in [2.24, 2.45) is 0 Å². The zero-order chi connectivity index (χ0) is 22.5. The van der Waals surface area contributed by atoms with E-state index >= 15 is 0 Å². The van der Waals surface area contributed by atoms with E-state index in [1.807, 2.05) is 13.8 Å². The number of carbonyl (C=O) groups is 1. The molecule has 3 rings (SSSR count). The third-order valence-corrected chi connectivity index (χ3v) is 7.74. The second kappa shape index (κ2) is 9.74. The number of nitrogens with zero attached hydrogens (tertiary/aromatic N) is 3. The van der Waals surface area contributed by atoms with E-state index in [1.165, 1.54) is 10.4 Å². The number of hydrogen-bond acceptors (Lipinski definition) is 6. The number of amides is 1. The third-order valence-electron chi connectivity index (χ3n) is 5.68. The van der Waals surface area contributed by atoms with Gasteiger partial charge in [-0.25, -0.2) is 8.42 Å². The van der Waals surface area contributed by atoms with Gasteiger partial charge in [-0.3, -0.25) is 4.79 Å². The van der Waals surface area contributed by atoms with Gasteiger partial charge in [0, 0.05) is 26.1 Å². The number of rotatable bonds is 8. The number of benzene rings is 1. The lowest BCUT2D eigenvalue weighted by Crippen LogP contribution is -2.47. The third kappa shape index (κ3) is 5.22. The first-order valence-corrected chi connectivity index (χ1v) is 12.2. The molecule has 1 aromatic carbocycles. The fourth-order valence-corrected chi connectivity index (χ4v) is 5.42. The van der Waals surface area contributed by atoms with Crippen molar-refractivity contribution in [2.75, 3.05) is 13.1 Å². The predicted octanol–water partition coefficient (Wildman–Crippen LogP) is 3.40. The number of aromatic nitrogens is 2. The van der Waals surface area contributed by atoms with Crippen LogP contribution in [0.2, 0.25) is 0 Å². The summed E-state index contributed by atoms with van der Waals surface area (Å²) in [4.78, 5) is 17.3. The van der Waals surface area contributed by atoms with Gasteiger partial charge in [0.25, 0.3) is 0 Å². The highest BCUT2D eigenvalue weighted by atomic mass is 32.2. The van der Waals surface area contributed by atoms with Gasteiger partial charge in [-0.1, -0.05) is 50.4 Å². The molecule has 1 saturated carbocycles. The fraction of sp³-hybridized carbons (Fsp3) is 0.500. The number of nitrogens with one attached hydrogen (secondary N) is 1. The Morgan fingerprint density at radius 2 is 1.81 bits per heavy atom. The van der Waals surface area contributed by atoms with Crippen LogP contribution in [0.5, 0.6) is 0 Å². The number of hydrogen-bond donors (Lipinski definition) is 1. The van der Waals surface area contributed by atoms with Crippen molar-refractivity contribution in [1.29, 1.82) is 0 Å². The summed E-state index contributed by atoms with van der Waals surface area (Å²) < 4.78 is 31.7. The largest absolute Gasteiger partial charge is 0.340 e. The van der Waals surface area contributed by atoms with Crippen LogP contribution in [-0.4, -0.2) is 41.9 Å². The Morgan fingerprint density at radius 3 is 2.35 bits per heavy atom. The minimum Gasteiger partial charge on any atom is -0.340 e. The summed E-state index contributed by atoms with van der Waals surface area (Å²) in [5, 5.41) is 7.14. The summed E-state index contributed by atoms with van der Waals surface area (Å²) >= 11 is 0. The fourth-order valence-electron chi connectivity index (χ4n) is 3.97. The van der Waals surface area contributed by atoms with Crippen LogP contribution >= 0.6 is 0 Å². The molecule has 0 atom stereocenters. The zero-order valence-electron chi connectivity index (χ0n) is 18.3. The van der Waals surface area contributed by atoms with Crippen molar-refractivity contribution in [1.82, 2.24) is 19.8 Å². The molecule has 0 saturated heterocycles. The maximum absolute atomic E-state index is 12.7. The molecule has 1 amide bonds. The quantitative estimate of drug-likeness (QED) is 0.623. The molecule has 0 radical (unpaired) electrons. The first-order chi connectivity index (χ1) is 14.8. The number of sulfonamides is 1. The van der Waals surface area contributed by atoms with Crippen LogP contribution in [0.4, 0.5) is 0 Å². The van der Waals surface area contributed by atoms with Crippen LogP contribution in [0.25, 0.3) is 6.08 Å². The average Bonchev–Trinajstić information content (AvgIpc) is 3.21. The van der Waals surface area contributed by atoms with Crippen molar-refractivity contribution < 1.29 is 17.7 Å². The first kappa shape index (κ1) is 23.1. The molecule has 9 heteroatoms. The molecule has 1 aliphatic rings. The Bertz CT molecular complexity index is 1020. The van der Waals surface area contributed by atoms with Gasteiger partial charge < -0.3 is 9.84 Å². The molecule has 1 fully saturated rings. The van der Waals surface area contributed by atoms with Gasteiger partial charge in [-0.05, 0) is 36.6 Å². The second-order valence-electron chi connectivity index (χ2n) is 7.76. The maximum atomic E-state index is 12.7. The van der Waals surface area contributed by atoms with Gasteiger partial charge in [-0.2, -0.15) is 9.29 Å². The van der Waals surface area contributed by atoms with Crippen LogP contribution in [-0.2, 0) is 20.4 Å². The molecule has 1 aromatic heterocycles. The number of aryl methyl sites for hydroxylation is 1. The van der Waals surface area contributed by atoms with Crippen molar-refractivity contribution >= 4 is 22.0 Å². The minimum atomic E-state index is -3.50. The first-order valence-electron chi connectivity index (χ1n) is 10.7.